The smallest absolute Gasteiger partial charge is 0.217 e. The second kappa shape index (κ2) is 12.6. The standard InChI is InChI=1S/C22H32N6O.HI/c1-24-22(28-13-6-10-19(17-28)15-20(23)29)26-16-21-25-11-14-27(21)12-5-9-18-7-3-2-4-8-18;/h2-4,7-8,11,14,19H,5-6,9-10,12-13,15-17H2,1H3,(H2,23,29)(H,24,26);1H. The lowest BCUT2D eigenvalue weighted by atomic mass is 9.95. The quantitative estimate of drug-likeness (QED) is 0.316. The number of carbonyl (C=O) groups excluding carboxylic acids is 1. The zero-order chi connectivity index (χ0) is 20.5. The fraction of sp³-hybridized carbons (Fsp3) is 0.500. The molecule has 1 unspecified atom stereocenters. The van der Waals surface area contributed by atoms with Crippen molar-refractivity contribution in [2.75, 3.05) is 20.1 Å². The van der Waals surface area contributed by atoms with Gasteiger partial charge in [0.15, 0.2) is 5.96 Å². The van der Waals surface area contributed by atoms with Crippen LogP contribution in [0.2, 0.25) is 0 Å². The van der Waals surface area contributed by atoms with Crippen LogP contribution in [0.25, 0.3) is 0 Å². The molecule has 8 heteroatoms. The van der Waals surface area contributed by atoms with Gasteiger partial charge in [0.2, 0.25) is 5.91 Å². The summed E-state index contributed by atoms with van der Waals surface area (Å²) in [5.41, 5.74) is 6.74. The number of hydrogen-bond acceptors (Lipinski definition) is 3. The summed E-state index contributed by atoms with van der Waals surface area (Å²) in [4.78, 5) is 22.4. The molecular weight excluding hydrogens is 491 g/mol. The van der Waals surface area contributed by atoms with Gasteiger partial charge in [-0.3, -0.25) is 9.79 Å². The molecule has 3 N–H and O–H groups in total. The molecule has 3 rings (SSSR count). The Morgan fingerprint density at radius 2 is 2.13 bits per heavy atom. The van der Waals surface area contributed by atoms with Crippen LogP contribution in [-0.2, 0) is 24.3 Å². The molecule has 1 fully saturated rings. The molecule has 164 valence electrons. The maximum absolute atomic E-state index is 11.3. The highest BCUT2D eigenvalue weighted by Gasteiger charge is 2.23. The van der Waals surface area contributed by atoms with Gasteiger partial charge in [-0.1, -0.05) is 30.3 Å². The lowest BCUT2D eigenvalue weighted by Gasteiger charge is -2.34. The van der Waals surface area contributed by atoms with E-state index in [4.69, 9.17) is 5.73 Å². The average Bonchev–Trinajstić information content (AvgIpc) is 3.16. The van der Waals surface area contributed by atoms with Crippen molar-refractivity contribution >= 4 is 35.8 Å². The molecule has 0 aliphatic carbocycles. The van der Waals surface area contributed by atoms with Crippen molar-refractivity contribution in [1.29, 1.82) is 0 Å². The number of aromatic nitrogens is 2. The Hall–Kier alpha value is -2.10. The summed E-state index contributed by atoms with van der Waals surface area (Å²) in [6, 6.07) is 10.6. The van der Waals surface area contributed by atoms with Gasteiger partial charge in [-0.05, 0) is 37.2 Å². The lowest BCUT2D eigenvalue weighted by molar-refractivity contribution is -0.119. The van der Waals surface area contributed by atoms with Crippen molar-refractivity contribution in [2.45, 2.75) is 45.2 Å². The van der Waals surface area contributed by atoms with Gasteiger partial charge in [0, 0.05) is 45.5 Å². The number of imidazole rings is 1. The number of rotatable bonds is 8. The van der Waals surface area contributed by atoms with E-state index in [1.54, 1.807) is 7.05 Å². The molecule has 7 nitrogen and oxygen atoms in total. The van der Waals surface area contributed by atoms with Crippen molar-refractivity contribution in [3.8, 4) is 0 Å². The third kappa shape index (κ3) is 7.30. The van der Waals surface area contributed by atoms with Crippen LogP contribution < -0.4 is 11.1 Å². The highest BCUT2D eigenvalue weighted by Crippen LogP contribution is 2.19. The number of nitrogens with zero attached hydrogens (tertiary/aromatic N) is 4. The molecule has 0 bridgehead atoms. The Labute approximate surface area is 196 Å². The summed E-state index contributed by atoms with van der Waals surface area (Å²) < 4.78 is 2.20. The van der Waals surface area contributed by atoms with Crippen LogP contribution >= 0.6 is 24.0 Å². The molecule has 1 aromatic heterocycles. The van der Waals surface area contributed by atoms with Crippen LogP contribution in [0, 0.1) is 5.92 Å². The molecule has 1 aliphatic rings. The maximum atomic E-state index is 11.3. The molecule has 1 aliphatic heterocycles. The molecular formula is C22H33IN6O. The SMILES string of the molecule is CN=C(NCc1nccn1CCCc1ccccc1)N1CCCC(CC(N)=O)C1.I. The molecule has 1 saturated heterocycles. The van der Waals surface area contributed by atoms with E-state index < -0.39 is 0 Å². The number of piperidine rings is 1. The van der Waals surface area contributed by atoms with Gasteiger partial charge >= 0.3 is 0 Å². The second-order valence-electron chi connectivity index (χ2n) is 7.65. The van der Waals surface area contributed by atoms with Gasteiger partial charge in [0.05, 0.1) is 6.54 Å². The predicted molar refractivity (Wildman–Crippen MR) is 131 cm³/mol. The van der Waals surface area contributed by atoms with Crippen molar-refractivity contribution in [1.82, 2.24) is 19.8 Å². The number of hydrogen-bond donors (Lipinski definition) is 2. The van der Waals surface area contributed by atoms with Gasteiger partial charge in [0.1, 0.15) is 5.82 Å². The van der Waals surface area contributed by atoms with Crippen LogP contribution in [0.15, 0.2) is 47.7 Å². The number of guanidine groups is 1. The van der Waals surface area contributed by atoms with Gasteiger partial charge in [0.25, 0.3) is 0 Å². The second-order valence-corrected chi connectivity index (χ2v) is 7.65. The monoisotopic (exact) mass is 524 g/mol. The first kappa shape index (κ1) is 24.2. The van der Waals surface area contributed by atoms with Crippen molar-refractivity contribution in [3.63, 3.8) is 0 Å². The molecule has 0 radical (unpaired) electrons. The number of primary amides is 1. The van der Waals surface area contributed by atoms with E-state index in [0.29, 0.717) is 18.9 Å². The summed E-state index contributed by atoms with van der Waals surface area (Å²) >= 11 is 0. The van der Waals surface area contributed by atoms with Gasteiger partial charge < -0.3 is 20.5 Å². The van der Waals surface area contributed by atoms with E-state index in [2.05, 4.69) is 55.1 Å². The van der Waals surface area contributed by atoms with E-state index in [9.17, 15) is 4.79 Å². The minimum Gasteiger partial charge on any atom is -0.370 e. The Kier molecular flexibility index (Phi) is 10.1. The van der Waals surface area contributed by atoms with Crippen LogP contribution in [-0.4, -0.2) is 46.5 Å². The van der Waals surface area contributed by atoms with Crippen molar-refractivity contribution in [3.05, 3.63) is 54.1 Å². The Bertz CT molecular complexity index is 807. The summed E-state index contributed by atoms with van der Waals surface area (Å²) in [5.74, 6) is 1.94. The number of likely N-dealkylation sites (tertiary alicyclic amines) is 1. The van der Waals surface area contributed by atoms with E-state index in [0.717, 1.165) is 57.1 Å². The number of nitrogens with two attached hydrogens (primary N) is 1. The fourth-order valence-electron chi connectivity index (χ4n) is 4.01. The molecule has 0 spiro atoms. The minimum atomic E-state index is -0.225. The normalized spacial score (nSPS) is 16.8. The van der Waals surface area contributed by atoms with Crippen LogP contribution in [0.5, 0.6) is 0 Å². The topological polar surface area (TPSA) is 88.5 Å². The molecule has 2 heterocycles. The van der Waals surface area contributed by atoms with E-state index >= 15 is 0 Å². The van der Waals surface area contributed by atoms with Crippen LogP contribution in [0.1, 0.15) is 37.1 Å². The van der Waals surface area contributed by atoms with Gasteiger partial charge in [-0.15, -0.1) is 24.0 Å². The minimum absolute atomic E-state index is 0. The summed E-state index contributed by atoms with van der Waals surface area (Å²) in [6.45, 7) is 3.32. The molecule has 1 atom stereocenters. The first-order valence-corrected chi connectivity index (χ1v) is 10.4. The zero-order valence-electron chi connectivity index (χ0n) is 17.7. The molecule has 0 saturated carbocycles. The van der Waals surface area contributed by atoms with Crippen LogP contribution in [0.3, 0.4) is 0 Å². The fourth-order valence-corrected chi connectivity index (χ4v) is 4.01. The lowest BCUT2D eigenvalue weighted by Crippen LogP contribution is -2.47. The van der Waals surface area contributed by atoms with Crippen LogP contribution in [0.4, 0.5) is 0 Å². The van der Waals surface area contributed by atoms with E-state index in [1.807, 2.05) is 12.4 Å². The predicted octanol–water partition coefficient (Wildman–Crippen LogP) is 2.80. The van der Waals surface area contributed by atoms with Gasteiger partial charge in [-0.2, -0.15) is 0 Å². The number of halogens is 1. The zero-order valence-corrected chi connectivity index (χ0v) is 20.0. The van der Waals surface area contributed by atoms with E-state index in [1.165, 1.54) is 5.56 Å². The number of aliphatic imine (C=N–C) groups is 1. The maximum Gasteiger partial charge on any atom is 0.217 e. The Balaban J connectivity index is 0.00000320. The Morgan fingerprint density at radius 3 is 2.87 bits per heavy atom. The molecule has 2 aromatic rings. The third-order valence-corrected chi connectivity index (χ3v) is 5.43. The first-order valence-electron chi connectivity index (χ1n) is 10.4. The highest BCUT2D eigenvalue weighted by molar-refractivity contribution is 14.0. The first-order chi connectivity index (χ1) is 14.2. The molecule has 1 aromatic carbocycles. The average molecular weight is 524 g/mol. The molecule has 1 amide bonds. The number of carbonyl (C=O) groups is 1. The number of amides is 1. The number of aryl methyl sites for hydroxylation is 2. The largest absolute Gasteiger partial charge is 0.370 e. The Morgan fingerprint density at radius 1 is 1.33 bits per heavy atom. The van der Waals surface area contributed by atoms with Crippen molar-refractivity contribution in [2.24, 2.45) is 16.6 Å². The number of benzene rings is 1. The number of nitrogens with one attached hydrogen (secondary N) is 1. The summed E-state index contributed by atoms with van der Waals surface area (Å²) in [6.07, 6.45) is 8.56. The highest BCUT2D eigenvalue weighted by atomic mass is 127. The molecule has 30 heavy (non-hydrogen) atoms. The van der Waals surface area contributed by atoms with E-state index in [-0.39, 0.29) is 29.9 Å². The van der Waals surface area contributed by atoms with Crippen molar-refractivity contribution < 1.29 is 4.79 Å². The van der Waals surface area contributed by atoms with Gasteiger partial charge in [-0.25, -0.2) is 4.98 Å². The summed E-state index contributed by atoms with van der Waals surface area (Å²) in [7, 11) is 1.80. The third-order valence-electron chi connectivity index (χ3n) is 5.43. The summed E-state index contributed by atoms with van der Waals surface area (Å²) in [5, 5.41) is 3.44.